The first-order valence-electron chi connectivity index (χ1n) is 7.75. The molecule has 0 amide bonds. The molecule has 116 valence electrons. The molecule has 2 aliphatic rings. The summed E-state index contributed by atoms with van der Waals surface area (Å²) in [5, 5.41) is 21.1. The number of benzene rings is 1. The van der Waals surface area contributed by atoms with Gasteiger partial charge in [-0.25, -0.2) is 4.39 Å². The Morgan fingerprint density at radius 1 is 1.29 bits per heavy atom. The number of aromatic hydroxyl groups is 1. The van der Waals surface area contributed by atoms with Crippen LogP contribution in [0.2, 0.25) is 0 Å². The molecule has 3 nitrogen and oxygen atoms in total. The zero-order chi connectivity index (χ0) is 15.2. The van der Waals surface area contributed by atoms with Gasteiger partial charge in [-0.05, 0) is 62.9 Å². The molecule has 0 radical (unpaired) electrons. The molecule has 4 atom stereocenters. The fourth-order valence-electron chi connectivity index (χ4n) is 4.50. The first-order chi connectivity index (χ1) is 9.88. The Morgan fingerprint density at radius 2 is 2.05 bits per heavy atom. The lowest BCUT2D eigenvalue weighted by Crippen LogP contribution is -2.47. The summed E-state index contributed by atoms with van der Waals surface area (Å²) < 4.78 is 13.7. The maximum atomic E-state index is 13.7. The van der Waals surface area contributed by atoms with Gasteiger partial charge in [0.1, 0.15) is 11.6 Å². The molecule has 2 saturated carbocycles. The highest BCUT2D eigenvalue weighted by Crippen LogP contribution is 2.54. The second kappa shape index (κ2) is 5.25. The number of hydrogen-bond donors (Lipinski definition) is 2. The van der Waals surface area contributed by atoms with Crippen LogP contribution in [0, 0.1) is 23.6 Å². The maximum absolute atomic E-state index is 13.7. The molecule has 0 heterocycles. The van der Waals surface area contributed by atoms with Gasteiger partial charge in [0.15, 0.2) is 0 Å². The van der Waals surface area contributed by atoms with Crippen LogP contribution in [-0.4, -0.2) is 35.8 Å². The highest BCUT2D eigenvalue weighted by atomic mass is 19.1. The van der Waals surface area contributed by atoms with E-state index in [4.69, 9.17) is 0 Å². The standard InChI is InChI=1S/C17H24FNO2/c1-19(2)10-16-12-4-3-11(5-12)9-17(16,21)13-6-14(18)8-15(20)7-13/h6-8,11-12,16,20-21H,3-5,9-10H2,1-2H3/t11?,12?,16-,17-/m0/s1. The van der Waals surface area contributed by atoms with Gasteiger partial charge in [-0.15, -0.1) is 0 Å². The molecule has 0 aromatic heterocycles. The molecule has 2 fully saturated rings. The third-order valence-corrected chi connectivity index (χ3v) is 5.31. The van der Waals surface area contributed by atoms with Gasteiger partial charge >= 0.3 is 0 Å². The average molecular weight is 293 g/mol. The molecular formula is C17H24FNO2. The lowest BCUT2D eigenvalue weighted by Gasteiger charge is -2.45. The van der Waals surface area contributed by atoms with Gasteiger partial charge in [0.25, 0.3) is 0 Å². The van der Waals surface area contributed by atoms with Crippen molar-refractivity contribution in [1.29, 1.82) is 0 Å². The Labute approximate surface area is 125 Å². The molecule has 3 rings (SSSR count). The molecule has 1 aromatic rings. The summed E-state index contributed by atoms with van der Waals surface area (Å²) in [7, 11) is 4.01. The van der Waals surface area contributed by atoms with Crippen molar-refractivity contribution in [2.75, 3.05) is 20.6 Å². The minimum atomic E-state index is -1.03. The van der Waals surface area contributed by atoms with Gasteiger partial charge in [-0.2, -0.15) is 0 Å². The summed E-state index contributed by atoms with van der Waals surface area (Å²) in [6, 6.07) is 3.99. The van der Waals surface area contributed by atoms with Crippen LogP contribution in [-0.2, 0) is 5.60 Å². The van der Waals surface area contributed by atoms with E-state index in [1.807, 2.05) is 14.1 Å². The normalized spacial score (nSPS) is 35.4. The summed E-state index contributed by atoms with van der Waals surface area (Å²) in [4.78, 5) is 2.09. The highest BCUT2D eigenvalue weighted by molar-refractivity contribution is 5.34. The summed E-state index contributed by atoms with van der Waals surface area (Å²) in [6.45, 7) is 0.783. The van der Waals surface area contributed by atoms with Crippen molar-refractivity contribution in [2.24, 2.45) is 17.8 Å². The summed E-state index contributed by atoms with van der Waals surface area (Å²) in [6.07, 6.45) is 4.14. The summed E-state index contributed by atoms with van der Waals surface area (Å²) >= 11 is 0. The van der Waals surface area contributed by atoms with E-state index in [2.05, 4.69) is 4.90 Å². The molecular weight excluding hydrogens is 269 g/mol. The first-order valence-corrected chi connectivity index (χ1v) is 7.75. The predicted octanol–water partition coefficient (Wildman–Crippen LogP) is 2.72. The quantitative estimate of drug-likeness (QED) is 0.900. The van der Waals surface area contributed by atoms with Gasteiger partial charge in [-0.1, -0.05) is 6.42 Å². The van der Waals surface area contributed by atoms with E-state index in [0.717, 1.165) is 25.5 Å². The largest absolute Gasteiger partial charge is 0.508 e. The third kappa shape index (κ3) is 2.67. The van der Waals surface area contributed by atoms with Crippen molar-refractivity contribution >= 4 is 0 Å². The molecule has 21 heavy (non-hydrogen) atoms. The molecule has 2 N–H and O–H groups in total. The van der Waals surface area contributed by atoms with Crippen LogP contribution in [0.25, 0.3) is 0 Å². The number of nitrogens with zero attached hydrogens (tertiary/aromatic N) is 1. The van der Waals surface area contributed by atoms with Crippen LogP contribution in [0.1, 0.15) is 31.2 Å². The van der Waals surface area contributed by atoms with Crippen LogP contribution < -0.4 is 0 Å². The van der Waals surface area contributed by atoms with Crippen LogP contribution >= 0.6 is 0 Å². The number of aliphatic hydroxyl groups is 1. The zero-order valence-electron chi connectivity index (χ0n) is 12.7. The summed E-state index contributed by atoms with van der Waals surface area (Å²) in [5.41, 5.74) is -0.503. The van der Waals surface area contributed by atoms with Crippen molar-refractivity contribution < 1.29 is 14.6 Å². The Bertz CT molecular complexity index is 513. The van der Waals surface area contributed by atoms with E-state index in [1.165, 1.54) is 18.6 Å². The molecule has 0 aliphatic heterocycles. The topological polar surface area (TPSA) is 43.7 Å². The van der Waals surface area contributed by atoms with Crippen LogP contribution in [0.15, 0.2) is 18.2 Å². The van der Waals surface area contributed by atoms with E-state index in [-0.39, 0.29) is 11.7 Å². The number of halogens is 1. The van der Waals surface area contributed by atoms with Crippen molar-refractivity contribution in [2.45, 2.75) is 31.3 Å². The summed E-state index contributed by atoms with van der Waals surface area (Å²) in [5.74, 6) is 0.498. The minimum Gasteiger partial charge on any atom is -0.508 e. The van der Waals surface area contributed by atoms with Crippen molar-refractivity contribution in [3.8, 4) is 5.75 Å². The van der Waals surface area contributed by atoms with Gasteiger partial charge in [0, 0.05) is 18.5 Å². The number of phenols is 1. The molecule has 1 aromatic carbocycles. The van der Waals surface area contributed by atoms with Crippen LogP contribution in [0.4, 0.5) is 4.39 Å². The maximum Gasteiger partial charge on any atom is 0.127 e. The van der Waals surface area contributed by atoms with E-state index in [9.17, 15) is 14.6 Å². The molecule has 2 bridgehead atoms. The minimum absolute atomic E-state index is 0.0902. The van der Waals surface area contributed by atoms with Gasteiger partial charge in [0.2, 0.25) is 0 Å². The molecule has 2 unspecified atom stereocenters. The van der Waals surface area contributed by atoms with Gasteiger partial charge < -0.3 is 15.1 Å². The van der Waals surface area contributed by atoms with Crippen molar-refractivity contribution in [3.05, 3.63) is 29.6 Å². The monoisotopic (exact) mass is 293 g/mol. The lowest BCUT2D eigenvalue weighted by atomic mass is 9.66. The smallest absolute Gasteiger partial charge is 0.127 e. The van der Waals surface area contributed by atoms with Gasteiger partial charge in [0.05, 0.1) is 5.60 Å². The molecule has 4 heteroatoms. The van der Waals surface area contributed by atoms with Crippen molar-refractivity contribution in [3.63, 3.8) is 0 Å². The molecule has 2 aliphatic carbocycles. The Balaban J connectivity index is 2.02. The van der Waals surface area contributed by atoms with E-state index >= 15 is 0 Å². The molecule has 0 spiro atoms. The van der Waals surface area contributed by atoms with Gasteiger partial charge in [-0.3, -0.25) is 0 Å². The highest BCUT2D eigenvalue weighted by Gasteiger charge is 2.51. The Morgan fingerprint density at radius 3 is 2.71 bits per heavy atom. The van der Waals surface area contributed by atoms with E-state index < -0.39 is 11.4 Å². The lowest BCUT2D eigenvalue weighted by molar-refractivity contribution is -0.0893. The zero-order valence-corrected chi connectivity index (χ0v) is 12.7. The number of hydrogen-bond acceptors (Lipinski definition) is 3. The Hall–Kier alpha value is -1.13. The second-order valence-electron chi connectivity index (χ2n) is 7.13. The predicted molar refractivity (Wildman–Crippen MR) is 79.5 cm³/mol. The fourth-order valence-corrected chi connectivity index (χ4v) is 4.50. The van der Waals surface area contributed by atoms with E-state index in [0.29, 0.717) is 23.8 Å². The van der Waals surface area contributed by atoms with Crippen molar-refractivity contribution in [1.82, 2.24) is 4.90 Å². The number of rotatable bonds is 3. The fraction of sp³-hybridized carbons (Fsp3) is 0.647. The van der Waals surface area contributed by atoms with E-state index in [1.54, 1.807) is 0 Å². The van der Waals surface area contributed by atoms with Crippen LogP contribution in [0.5, 0.6) is 5.75 Å². The third-order valence-electron chi connectivity index (χ3n) is 5.31. The second-order valence-corrected chi connectivity index (χ2v) is 7.13. The SMILES string of the molecule is CN(C)C[C@H]1C2CCC(C2)C[C@]1(O)c1cc(O)cc(F)c1. The average Bonchev–Trinajstić information content (AvgIpc) is 2.77. The first kappa shape index (κ1) is 14.8. The number of phenolic OH excluding ortho intramolecular Hbond substituents is 1. The Kier molecular flexibility index (Phi) is 3.70. The van der Waals surface area contributed by atoms with Crippen LogP contribution in [0.3, 0.4) is 0 Å². The number of fused-ring (bicyclic) bond motifs is 2. The molecule has 0 saturated heterocycles.